The van der Waals surface area contributed by atoms with Crippen molar-refractivity contribution in [2.75, 3.05) is 31.1 Å². The van der Waals surface area contributed by atoms with Gasteiger partial charge in [0.1, 0.15) is 11.6 Å². The minimum atomic E-state index is -0.00926. The van der Waals surface area contributed by atoms with Gasteiger partial charge in [-0.1, -0.05) is 19.1 Å². The van der Waals surface area contributed by atoms with Gasteiger partial charge in [-0.3, -0.25) is 9.79 Å². The second-order valence-electron chi connectivity index (χ2n) is 7.78. The van der Waals surface area contributed by atoms with E-state index in [1.54, 1.807) is 4.90 Å². The highest BCUT2D eigenvalue weighted by Crippen LogP contribution is 2.31. The number of benzene rings is 1. The summed E-state index contributed by atoms with van der Waals surface area (Å²) in [6, 6.07) is 7.93. The van der Waals surface area contributed by atoms with Crippen LogP contribution in [0.4, 0.5) is 5.69 Å². The molecule has 4 rings (SSSR count). The lowest BCUT2D eigenvalue weighted by molar-refractivity contribution is -0.121. The molecule has 1 unspecified atom stereocenters. The van der Waals surface area contributed by atoms with Crippen molar-refractivity contribution in [1.29, 1.82) is 0 Å². The first kappa shape index (κ1) is 21.1. The quantitative estimate of drug-likeness (QED) is 0.397. The molecule has 2 aromatic rings. The van der Waals surface area contributed by atoms with Crippen molar-refractivity contribution in [2.24, 2.45) is 4.99 Å². The SMILES string of the molecule is CCNC(=NCCCN1C(=O)COc2ccccc21)NC1CCc2nc(CC)nn2C1. The van der Waals surface area contributed by atoms with Crippen LogP contribution in [-0.4, -0.2) is 58.9 Å². The van der Waals surface area contributed by atoms with Crippen LogP contribution in [0.25, 0.3) is 0 Å². The number of anilines is 1. The Bertz CT molecular complexity index is 940. The van der Waals surface area contributed by atoms with E-state index in [1.165, 1.54) is 0 Å². The number of hydrogen-bond donors (Lipinski definition) is 2. The van der Waals surface area contributed by atoms with Crippen LogP contribution in [0, 0.1) is 0 Å². The predicted molar refractivity (Wildman–Crippen MR) is 120 cm³/mol. The molecular weight excluding hydrogens is 394 g/mol. The van der Waals surface area contributed by atoms with Gasteiger partial charge in [0.05, 0.1) is 12.2 Å². The van der Waals surface area contributed by atoms with Crippen molar-refractivity contribution in [2.45, 2.75) is 52.1 Å². The summed E-state index contributed by atoms with van der Waals surface area (Å²) in [5.74, 6) is 3.55. The molecule has 1 atom stereocenters. The number of hydrogen-bond acceptors (Lipinski definition) is 5. The van der Waals surface area contributed by atoms with Crippen molar-refractivity contribution in [1.82, 2.24) is 25.4 Å². The van der Waals surface area contributed by atoms with E-state index in [0.717, 1.165) is 67.8 Å². The number of ether oxygens (including phenoxy) is 1. The Morgan fingerprint density at radius 3 is 3.03 bits per heavy atom. The lowest BCUT2D eigenvalue weighted by Gasteiger charge is -2.29. The first-order valence-electron chi connectivity index (χ1n) is 11.2. The van der Waals surface area contributed by atoms with Crippen LogP contribution in [0.15, 0.2) is 29.3 Å². The summed E-state index contributed by atoms with van der Waals surface area (Å²) in [4.78, 5) is 23.4. The van der Waals surface area contributed by atoms with Crippen molar-refractivity contribution in [3.05, 3.63) is 35.9 Å². The summed E-state index contributed by atoms with van der Waals surface area (Å²) in [6.45, 7) is 7.07. The van der Waals surface area contributed by atoms with Crippen molar-refractivity contribution >= 4 is 17.6 Å². The molecule has 31 heavy (non-hydrogen) atoms. The number of carbonyl (C=O) groups is 1. The molecule has 0 aliphatic carbocycles. The van der Waals surface area contributed by atoms with Gasteiger partial charge in [-0.05, 0) is 31.9 Å². The minimum Gasteiger partial charge on any atom is -0.482 e. The molecule has 1 amide bonds. The molecule has 2 aliphatic heterocycles. The highest BCUT2D eigenvalue weighted by molar-refractivity contribution is 5.97. The first-order valence-corrected chi connectivity index (χ1v) is 11.2. The minimum absolute atomic E-state index is 0.00926. The average Bonchev–Trinajstić information content (AvgIpc) is 3.20. The van der Waals surface area contributed by atoms with Gasteiger partial charge in [-0.15, -0.1) is 0 Å². The van der Waals surface area contributed by atoms with Gasteiger partial charge < -0.3 is 20.3 Å². The lowest BCUT2D eigenvalue weighted by Crippen LogP contribution is -2.47. The molecule has 9 nitrogen and oxygen atoms in total. The molecule has 0 saturated carbocycles. The Morgan fingerprint density at radius 2 is 2.19 bits per heavy atom. The fourth-order valence-electron chi connectivity index (χ4n) is 3.96. The van der Waals surface area contributed by atoms with Crippen LogP contribution in [0.5, 0.6) is 5.75 Å². The molecule has 1 aromatic heterocycles. The summed E-state index contributed by atoms with van der Waals surface area (Å²) in [6.07, 6.45) is 3.56. The lowest BCUT2D eigenvalue weighted by atomic mass is 10.1. The molecule has 166 valence electrons. The Balaban J connectivity index is 1.32. The number of amides is 1. The smallest absolute Gasteiger partial charge is 0.265 e. The van der Waals surface area contributed by atoms with E-state index in [4.69, 9.17) is 9.73 Å². The van der Waals surface area contributed by atoms with Crippen LogP contribution in [0.1, 0.15) is 38.3 Å². The molecule has 1 aromatic carbocycles. The molecule has 0 saturated heterocycles. The maximum atomic E-state index is 12.3. The van der Waals surface area contributed by atoms with Crippen LogP contribution >= 0.6 is 0 Å². The normalized spacial score (nSPS) is 18.3. The standard InChI is InChI=1S/C22H31N7O2/c1-3-19-26-20-11-10-16(14-29(20)27-19)25-22(23-4-2)24-12-7-13-28-17-8-5-6-9-18(17)31-15-21(28)30/h5-6,8-9,16H,3-4,7,10-15H2,1-2H3,(H2,23,24,25). The number of carbonyl (C=O) groups excluding carboxylic acids is 1. The molecular formula is C22H31N7O2. The Kier molecular flexibility index (Phi) is 6.69. The van der Waals surface area contributed by atoms with E-state index in [2.05, 4.69) is 34.6 Å². The van der Waals surface area contributed by atoms with E-state index in [1.807, 2.05) is 28.9 Å². The third-order valence-corrected chi connectivity index (χ3v) is 5.52. The zero-order chi connectivity index (χ0) is 21.6. The molecule has 9 heteroatoms. The first-order chi connectivity index (χ1) is 15.2. The number of nitrogens with zero attached hydrogens (tertiary/aromatic N) is 5. The number of guanidine groups is 1. The summed E-state index contributed by atoms with van der Waals surface area (Å²) in [7, 11) is 0. The van der Waals surface area contributed by atoms with Gasteiger partial charge in [0.25, 0.3) is 5.91 Å². The number of aryl methyl sites for hydroxylation is 2. The predicted octanol–water partition coefficient (Wildman–Crippen LogP) is 1.53. The molecule has 0 fully saturated rings. The molecule has 0 radical (unpaired) electrons. The summed E-state index contributed by atoms with van der Waals surface area (Å²) in [5.41, 5.74) is 0.838. The van der Waals surface area contributed by atoms with Crippen LogP contribution in [-0.2, 0) is 24.2 Å². The third-order valence-electron chi connectivity index (χ3n) is 5.52. The molecule has 2 N–H and O–H groups in total. The summed E-state index contributed by atoms with van der Waals surface area (Å²) >= 11 is 0. The molecule has 2 aliphatic rings. The number of nitrogens with one attached hydrogen (secondary N) is 2. The van der Waals surface area contributed by atoms with E-state index >= 15 is 0 Å². The second kappa shape index (κ2) is 9.80. The monoisotopic (exact) mass is 425 g/mol. The zero-order valence-corrected chi connectivity index (χ0v) is 18.3. The molecule has 3 heterocycles. The number of fused-ring (bicyclic) bond motifs is 2. The second-order valence-corrected chi connectivity index (χ2v) is 7.78. The van der Waals surface area contributed by atoms with Crippen LogP contribution in [0.2, 0.25) is 0 Å². The zero-order valence-electron chi connectivity index (χ0n) is 18.3. The number of aromatic nitrogens is 3. The van der Waals surface area contributed by atoms with E-state index < -0.39 is 0 Å². The maximum absolute atomic E-state index is 12.3. The average molecular weight is 426 g/mol. The highest BCUT2D eigenvalue weighted by atomic mass is 16.5. The van der Waals surface area contributed by atoms with Crippen molar-refractivity contribution < 1.29 is 9.53 Å². The van der Waals surface area contributed by atoms with Crippen molar-refractivity contribution in [3.8, 4) is 5.75 Å². The van der Waals surface area contributed by atoms with Gasteiger partial charge in [0, 0.05) is 38.5 Å². The molecule has 0 spiro atoms. The molecule has 0 bridgehead atoms. The van der Waals surface area contributed by atoms with E-state index in [0.29, 0.717) is 13.1 Å². The van der Waals surface area contributed by atoms with Gasteiger partial charge in [0.15, 0.2) is 18.4 Å². The number of aliphatic imine (C=N–C) groups is 1. The van der Waals surface area contributed by atoms with Gasteiger partial charge >= 0.3 is 0 Å². The number of para-hydroxylation sites is 2. The Morgan fingerprint density at radius 1 is 1.32 bits per heavy atom. The largest absolute Gasteiger partial charge is 0.482 e. The van der Waals surface area contributed by atoms with Crippen LogP contribution in [0.3, 0.4) is 0 Å². The fourth-order valence-corrected chi connectivity index (χ4v) is 3.96. The topological polar surface area (TPSA) is 96.7 Å². The van der Waals surface area contributed by atoms with Gasteiger partial charge in [-0.25, -0.2) is 9.67 Å². The number of rotatable bonds is 7. The third kappa shape index (κ3) is 4.98. The van der Waals surface area contributed by atoms with Crippen molar-refractivity contribution in [3.63, 3.8) is 0 Å². The van der Waals surface area contributed by atoms with E-state index in [9.17, 15) is 4.79 Å². The fraction of sp³-hybridized carbons (Fsp3) is 0.545. The summed E-state index contributed by atoms with van der Waals surface area (Å²) < 4.78 is 7.53. The van der Waals surface area contributed by atoms with Crippen LogP contribution < -0.4 is 20.3 Å². The van der Waals surface area contributed by atoms with Gasteiger partial charge in [-0.2, -0.15) is 5.10 Å². The maximum Gasteiger partial charge on any atom is 0.265 e. The Hall–Kier alpha value is -3.10. The summed E-state index contributed by atoms with van der Waals surface area (Å²) in [5, 5.41) is 11.4. The van der Waals surface area contributed by atoms with E-state index in [-0.39, 0.29) is 18.6 Å². The Labute approximate surface area is 182 Å². The highest BCUT2D eigenvalue weighted by Gasteiger charge is 2.25. The van der Waals surface area contributed by atoms with Gasteiger partial charge in [0.2, 0.25) is 0 Å².